The lowest BCUT2D eigenvalue weighted by Gasteiger charge is -2.35. The van der Waals surface area contributed by atoms with Crippen LogP contribution in [0.3, 0.4) is 0 Å². The van der Waals surface area contributed by atoms with Crippen molar-refractivity contribution in [3.05, 3.63) is 35.4 Å². The van der Waals surface area contributed by atoms with Gasteiger partial charge in [0, 0.05) is 6.54 Å². The van der Waals surface area contributed by atoms with Crippen LogP contribution in [0.5, 0.6) is 0 Å². The number of primary amides is 1. The van der Waals surface area contributed by atoms with Gasteiger partial charge in [0.15, 0.2) is 0 Å². The Balaban J connectivity index is 1.38. The molecule has 0 radical (unpaired) electrons. The molecule has 1 aliphatic heterocycles. The monoisotopic (exact) mass is 580 g/mol. The minimum Gasteiger partial charge on any atom is -0.449 e. The summed E-state index contributed by atoms with van der Waals surface area (Å²) < 4.78 is 5.49. The molecule has 0 spiro atoms. The van der Waals surface area contributed by atoms with Crippen molar-refractivity contribution >= 4 is 29.6 Å². The van der Waals surface area contributed by atoms with Gasteiger partial charge in [0.1, 0.15) is 12.1 Å². The predicted octanol–water partition coefficient (Wildman–Crippen LogP) is 2.36. The molecule has 3 fully saturated rings. The number of nitrogens with one attached hydrogen (secondary N) is 2. The van der Waals surface area contributed by atoms with Crippen molar-refractivity contribution in [1.82, 2.24) is 15.5 Å². The van der Waals surface area contributed by atoms with Crippen molar-refractivity contribution in [3.63, 3.8) is 0 Å². The third-order valence-electron chi connectivity index (χ3n) is 9.63. The minimum absolute atomic E-state index is 0.0963. The number of carbonyl (C=O) groups is 5. The number of fused-ring (bicyclic) bond motifs is 2. The maximum absolute atomic E-state index is 14.4. The number of hydrogen-bond acceptors (Lipinski definition) is 6. The van der Waals surface area contributed by atoms with Crippen molar-refractivity contribution in [2.24, 2.45) is 40.2 Å². The molecule has 2 unspecified atom stereocenters. The van der Waals surface area contributed by atoms with Gasteiger partial charge in [0.25, 0.3) is 5.91 Å². The number of ketones is 1. The smallest absolute Gasteiger partial charge is 0.407 e. The fourth-order valence-corrected chi connectivity index (χ4v) is 7.00. The van der Waals surface area contributed by atoms with Crippen molar-refractivity contribution in [2.75, 3.05) is 13.2 Å². The molecule has 4 N–H and O–H groups in total. The van der Waals surface area contributed by atoms with E-state index in [4.69, 9.17) is 10.5 Å². The molecule has 0 bridgehead atoms. The molecule has 1 aromatic rings. The normalized spacial score (nSPS) is 25.5. The average Bonchev–Trinajstić information content (AvgIpc) is 3.67. The average molecular weight is 581 g/mol. The maximum atomic E-state index is 14.4. The van der Waals surface area contributed by atoms with Crippen LogP contribution < -0.4 is 16.4 Å². The summed E-state index contributed by atoms with van der Waals surface area (Å²) in [4.78, 5) is 67.1. The lowest BCUT2D eigenvalue weighted by atomic mass is 9.93. The van der Waals surface area contributed by atoms with Gasteiger partial charge in [-0.2, -0.15) is 0 Å². The van der Waals surface area contributed by atoms with Crippen molar-refractivity contribution in [1.29, 1.82) is 0 Å². The number of piperidine rings is 1. The first-order chi connectivity index (χ1) is 19.7. The summed E-state index contributed by atoms with van der Waals surface area (Å²) in [6.07, 6.45) is 2.80. The molecule has 1 heterocycles. The van der Waals surface area contributed by atoms with Crippen LogP contribution >= 0.6 is 0 Å². The molecule has 10 nitrogen and oxygen atoms in total. The predicted molar refractivity (Wildman–Crippen MR) is 155 cm³/mol. The summed E-state index contributed by atoms with van der Waals surface area (Å²) in [7, 11) is 0. The molecule has 1 aromatic carbocycles. The molecule has 42 heavy (non-hydrogen) atoms. The minimum atomic E-state index is -1.08. The largest absolute Gasteiger partial charge is 0.449 e. The molecule has 0 aromatic heterocycles. The first-order valence-electron chi connectivity index (χ1n) is 15.1. The Labute approximate surface area is 247 Å². The Morgan fingerprint density at radius 2 is 1.67 bits per heavy atom. The number of amides is 4. The van der Waals surface area contributed by atoms with E-state index < -0.39 is 41.8 Å². The van der Waals surface area contributed by atoms with Gasteiger partial charge in [-0.15, -0.1) is 0 Å². The van der Waals surface area contributed by atoms with Crippen LogP contribution in [0.25, 0.3) is 0 Å². The number of alkyl carbamates (subject to hydrolysis) is 1. The van der Waals surface area contributed by atoms with Gasteiger partial charge in [-0.1, -0.05) is 71.7 Å². The van der Waals surface area contributed by atoms with Gasteiger partial charge < -0.3 is 26.0 Å². The molecule has 4 amide bonds. The SMILES string of the molecule is CC(C)(C)COC(=O)N[C@H](C(=O)N1CC2[C@H]([C@H]1C(=O)NC(CC1CC1)C(=O)C(N)=O)C2(C)C)C1Cc2ccccc2C1. The molecule has 2 saturated carbocycles. The van der Waals surface area contributed by atoms with Crippen LogP contribution in [0.15, 0.2) is 24.3 Å². The standard InChI is InChI=1S/C32H44N4O6/c1-31(2,3)16-42-30(41)35-24(20-13-18-8-6-7-9-19(18)14-20)29(40)36-15-21-23(32(21,4)5)25(36)28(39)34-22(12-17-10-11-17)26(37)27(33)38/h6-9,17,20-25H,10-16H2,1-5H3,(H2,33,38)(H,34,39)(H,35,41)/t21?,22?,23-,24+,25+/m1/s1. The lowest BCUT2D eigenvalue weighted by molar-refractivity contribution is -0.144. The van der Waals surface area contributed by atoms with E-state index in [1.54, 1.807) is 4.90 Å². The molecule has 1 saturated heterocycles. The second kappa shape index (κ2) is 11.0. The summed E-state index contributed by atoms with van der Waals surface area (Å²) in [5.41, 5.74) is 7.18. The molecule has 5 atom stereocenters. The Bertz CT molecular complexity index is 1260. The van der Waals surface area contributed by atoms with E-state index in [2.05, 4.69) is 24.5 Å². The van der Waals surface area contributed by atoms with Crippen LogP contribution in [0, 0.1) is 34.5 Å². The van der Waals surface area contributed by atoms with Crippen molar-refractivity contribution < 1.29 is 28.7 Å². The Kier molecular flexibility index (Phi) is 7.87. The number of ether oxygens (including phenoxy) is 1. The number of nitrogens with zero attached hydrogens (tertiary/aromatic N) is 1. The number of benzene rings is 1. The zero-order chi connectivity index (χ0) is 30.6. The number of rotatable bonds is 10. The molecular formula is C32H44N4O6. The summed E-state index contributed by atoms with van der Waals surface area (Å²) in [6.45, 7) is 10.6. The first-order valence-corrected chi connectivity index (χ1v) is 15.1. The van der Waals surface area contributed by atoms with Crippen LogP contribution in [0.2, 0.25) is 0 Å². The molecule has 3 aliphatic carbocycles. The maximum Gasteiger partial charge on any atom is 0.407 e. The van der Waals surface area contributed by atoms with E-state index in [1.165, 1.54) is 0 Å². The van der Waals surface area contributed by atoms with Gasteiger partial charge in [0.2, 0.25) is 17.6 Å². The second-order valence-corrected chi connectivity index (χ2v) is 14.6. The fraction of sp³-hybridized carbons (Fsp3) is 0.656. The van der Waals surface area contributed by atoms with E-state index in [1.807, 2.05) is 45.0 Å². The van der Waals surface area contributed by atoms with Gasteiger partial charge in [-0.3, -0.25) is 19.2 Å². The topological polar surface area (TPSA) is 148 Å². The molecule has 10 heteroatoms. The fourth-order valence-electron chi connectivity index (χ4n) is 7.00. The highest BCUT2D eigenvalue weighted by Crippen LogP contribution is 2.65. The number of nitrogens with two attached hydrogens (primary N) is 1. The highest BCUT2D eigenvalue weighted by atomic mass is 16.5. The number of carbonyl (C=O) groups excluding carboxylic acids is 5. The highest BCUT2D eigenvalue weighted by Gasteiger charge is 2.69. The van der Waals surface area contributed by atoms with Crippen molar-refractivity contribution in [2.45, 2.75) is 84.8 Å². The third-order valence-corrected chi connectivity index (χ3v) is 9.63. The summed E-state index contributed by atoms with van der Waals surface area (Å²) in [5, 5.41) is 5.66. The van der Waals surface area contributed by atoms with E-state index in [9.17, 15) is 24.0 Å². The van der Waals surface area contributed by atoms with Crippen LogP contribution in [-0.4, -0.2) is 65.8 Å². The zero-order valence-electron chi connectivity index (χ0n) is 25.3. The zero-order valence-corrected chi connectivity index (χ0v) is 25.3. The third kappa shape index (κ3) is 6.17. The van der Waals surface area contributed by atoms with E-state index in [-0.39, 0.29) is 47.0 Å². The van der Waals surface area contributed by atoms with Crippen molar-refractivity contribution in [3.8, 4) is 0 Å². The number of likely N-dealkylation sites (tertiary alicyclic amines) is 1. The first kappa shape index (κ1) is 30.0. The Morgan fingerprint density at radius 3 is 2.21 bits per heavy atom. The quantitative estimate of drug-likeness (QED) is 0.362. The van der Waals surface area contributed by atoms with Crippen LogP contribution in [0.4, 0.5) is 4.79 Å². The molecule has 4 aliphatic rings. The summed E-state index contributed by atoms with van der Waals surface area (Å²) >= 11 is 0. The molecule has 228 valence electrons. The Hall–Kier alpha value is -3.43. The Morgan fingerprint density at radius 1 is 1.05 bits per heavy atom. The van der Waals surface area contributed by atoms with E-state index in [0.717, 1.165) is 24.0 Å². The van der Waals surface area contributed by atoms with Gasteiger partial charge >= 0.3 is 6.09 Å². The summed E-state index contributed by atoms with van der Waals surface area (Å²) in [5.74, 6) is -2.60. The number of Topliss-reactive ketones (excluding diaryl/α,β-unsaturated/α-hetero) is 1. The lowest BCUT2D eigenvalue weighted by Crippen LogP contribution is -2.59. The van der Waals surface area contributed by atoms with Gasteiger partial charge in [0.05, 0.1) is 12.6 Å². The molecular weight excluding hydrogens is 536 g/mol. The highest BCUT2D eigenvalue weighted by molar-refractivity contribution is 6.37. The number of hydrogen-bond donors (Lipinski definition) is 3. The summed E-state index contributed by atoms with van der Waals surface area (Å²) in [6, 6.07) is 5.28. The van der Waals surface area contributed by atoms with Gasteiger partial charge in [-0.05, 0) is 64.9 Å². The van der Waals surface area contributed by atoms with E-state index >= 15 is 0 Å². The molecule has 5 rings (SSSR count). The van der Waals surface area contributed by atoms with E-state index in [0.29, 0.717) is 25.8 Å². The van der Waals surface area contributed by atoms with Crippen LogP contribution in [-0.2, 0) is 36.8 Å². The van der Waals surface area contributed by atoms with Gasteiger partial charge in [-0.25, -0.2) is 4.79 Å². The second-order valence-electron chi connectivity index (χ2n) is 14.6. The van der Waals surface area contributed by atoms with Crippen LogP contribution in [0.1, 0.15) is 65.0 Å².